The first-order valence-electron chi connectivity index (χ1n) is 13.1. The van der Waals surface area contributed by atoms with Crippen molar-refractivity contribution < 1.29 is 45.2 Å². The average molecular weight is 707 g/mol. The van der Waals surface area contributed by atoms with Gasteiger partial charge in [0.15, 0.2) is 0 Å². The second-order valence-corrected chi connectivity index (χ2v) is 15.5. The van der Waals surface area contributed by atoms with E-state index in [4.69, 9.17) is 11.1 Å². The number of benzene rings is 2. The lowest BCUT2D eigenvalue weighted by atomic mass is 9.98. The highest BCUT2D eigenvalue weighted by atomic mass is 32.2. The number of carbonyl (C=O) groups excluding carboxylic acids is 2. The summed E-state index contributed by atoms with van der Waals surface area (Å²) in [5.74, 6) is -2.96. The summed E-state index contributed by atoms with van der Waals surface area (Å²) in [7, 11) is -8.74. The molecule has 0 saturated carbocycles. The van der Waals surface area contributed by atoms with Crippen LogP contribution >= 0.6 is 30.7 Å². The molecule has 1 heterocycles. The number of thiophene rings is 1. The van der Waals surface area contributed by atoms with Crippen molar-refractivity contribution >= 4 is 64.1 Å². The van der Waals surface area contributed by atoms with Gasteiger partial charge in [-0.2, -0.15) is 13.2 Å². The van der Waals surface area contributed by atoms with Crippen molar-refractivity contribution in [1.29, 1.82) is 5.41 Å². The van der Waals surface area contributed by atoms with E-state index in [0.717, 1.165) is 16.9 Å². The fourth-order valence-electron chi connectivity index (χ4n) is 4.13. The van der Waals surface area contributed by atoms with E-state index in [0.29, 0.717) is 32.3 Å². The molecular weight excluding hydrogens is 676 g/mol. The molecule has 18 heteroatoms. The highest BCUT2D eigenvalue weighted by molar-refractivity contribution is 8.01. The zero-order valence-electron chi connectivity index (χ0n) is 23.9. The number of thioether (sulfide) groups is 1. The van der Waals surface area contributed by atoms with Crippen molar-refractivity contribution in [1.82, 2.24) is 5.32 Å². The Balaban J connectivity index is 1.67. The van der Waals surface area contributed by atoms with Crippen LogP contribution in [0, 0.1) is 12.3 Å². The van der Waals surface area contributed by atoms with Gasteiger partial charge in [-0.25, -0.2) is 22.6 Å². The van der Waals surface area contributed by atoms with Gasteiger partial charge in [0.25, 0.3) is 0 Å². The Morgan fingerprint density at radius 2 is 1.82 bits per heavy atom. The smallest absolute Gasteiger partial charge is 0.385 e. The highest BCUT2D eigenvalue weighted by Crippen LogP contribution is 2.45. The van der Waals surface area contributed by atoms with E-state index in [1.807, 2.05) is 0 Å². The number of carbonyl (C=O) groups is 2. The van der Waals surface area contributed by atoms with Crippen LogP contribution in [0.5, 0.6) is 0 Å². The van der Waals surface area contributed by atoms with Crippen LogP contribution in [0.2, 0.25) is 0 Å². The predicted octanol–water partition coefficient (Wildman–Crippen LogP) is 6.14. The van der Waals surface area contributed by atoms with Gasteiger partial charge in [-0.3, -0.25) is 5.41 Å². The van der Waals surface area contributed by atoms with Gasteiger partial charge in [0.1, 0.15) is 5.84 Å². The summed E-state index contributed by atoms with van der Waals surface area (Å²) in [6.07, 6.45) is -3.77. The number of hydrogen-bond acceptors (Lipinski definition) is 9. The quantitative estimate of drug-likeness (QED) is 0.0457. The third-order valence-electron chi connectivity index (χ3n) is 6.22. The number of halogens is 3. The van der Waals surface area contributed by atoms with Crippen molar-refractivity contribution in [2.24, 2.45) is 5.73 Å². The number of hydrogen-bond donors (Lipinski definition) is 5. The number of nitrogens with two attached hydrogens (primary N) is 1. The zero-order valence-corrected chi connectivity index (χ0v) is 27.3. The molecule has 2 amide bonds. The second-order valence-electron chi connectivity index (χ2n) is 9.59. The molecule has 2 aromatic carbocycles. The molecule has 244 valence electrons. The topological polar surface area (TPSA) is 189 Å². The van der Waals surface area contributed by atoms with Crippen LogP contribution in [0.15, 0.2) is 62.5 Å². The van der Waals surface area contributed by atoms with Crippen LogP contribution in [-0.2, 0) is 23.7 Å². The first-order chi connectivity index (χ1) is 21.0. The number of anilines is 1. The number of sulfone groups is 1. The zero-order chi connectivity index (χ0) is 33.6. The molecule has 3 rings (SSSR count). The van der Waals surface area contributed by atoms with Crippen molar-refractivity contribution in [3.8, 4) is 11.1 Å². The van der Waals surface area contributed by atoms with Gasteiger partial charge < -0.3 is 25.8 Å². The molecule has 0 aliphatic rings. The molecule has 0 radical (unpaired) electrons. The van der Waals surface area contributed by atoms with Gasteiger partial charge in [-0.1, -0.05) is 30.7 Å². The maximum Gasteiger partial charge on any atom is 0.491 e. The van der Waals surface area contributed by atoms with Crippen molar-refractivity contribution in [2.45, 2.75) is 46.4 Å². The third-order valence-corrected chi connectivity index (χ3v) is 11.9. The highest BCUT2D eigenvalue weighted by Gasteiger charge is 2.44. The fraction of sp³-hybridized carbons (Fsp3) is 0.296. The molecule has 1 unspecified atom stereocenters. The third kappa shape index (κ3) is 9.56. The van der Waals surface area contributed by atoms with Gasteiger partial charge in [0.05, 0.1) is 30.7 Å². The van der Waals surface area contributed by atoms with Crippen molar-refractivity contribution in [3.05, 3.63) is 59.0 Å². The molecule has 0 fully saturated rings. The van der Waals surface area contributed by atoms with Crippen LogP contribution < -0.4 is 16.4 Å². The lowest BCUT2D eigenvalue weighted by Crippen LogP contribution is -2.29. The number of aryl methyl sites for hydroxylation is 1. The molecule has 1 aromatic heterocycles. The van der Waals surface area contributed by atoms with Gasteiger partial charge in [-0.05, 0) is 61.4 Å². The number of nitrogens with one attached hydrogen (secondary N) is 3. The van der Waals surface area contributed by atoms with E-state index in [-0.39, 0.29) is 35.0 Å². The summed E-state index contributed by atoms with van der Waals surface area (Å²) >= 11 is 2.35. The maximum absolute atomic E-state index is 13.6. The lowest BCUT2D eigenvalue weighted by molar-refractivity contribution is -0.190. The number of urea groups is 1. The number of nitrogen functional groups attached to an aromatic ring is 1. The Morgan fingerprint density at radius 1 is 1.13 bits per heavy atom. The normalized spacial score (nSPS) is 13.1. The first-order valence-corrected chi connectivity index (χ1v) is 18.4. The SMILES string of the molecule is CSc1sc(C(=N)N)cc1S(=O)(=O)c1cccc(-c2c(C)cccc2NC(=O)NCCCCCP(=O)(O)OC(=O)C(F)(F)F)c1. The minimum absolute atomic E-state index is 0.0162. The van der Waals surface area contributed by atoms with E-state index < -0.39 is 41.8 Å². The summed E-state index contributed by atoms with van der Waals surface area (Å²) in [4.78, 5) is 33.3. The first kappa shape index (κ1) is 36.1. The van der Waals surface area contributed by atoms with E-state index >= 15 is 0 Å². The van der Waals surface area contributed by atoms with Crippen LogP contribution in [-0.4, -0.2) is 56.3 Å². The number of amidine groups is 1. The largest absolute Gasteiger partial charge is 0.491 e. The molecule has 0 aliphatic heterocycles. The van der Waals surface area contributed by atoms with Gasteiger partial charge in [0.2, 0.25) is 9.84 Å². The monoisotopic (exact) mass is 706 g/mol. The molecule has 3 aromatic rings. The van der Waals surface area contributed by atoms with E-state index in [1.165, 1.54) is 30.0 Å². The Morgan fingerprint density at radius 3 is 2.47 bits per heavy atom. The molecular formula is C27H30F3N4O7PS3. The molecule has 11 nitrogen and oxygen atoms in total. The molecule has 0 bridgehead atoms. The van der Waals surface area contributed by atoms with E-state index in [9.17, 15) is 40.6 Å². The summed E-state index contributed by atoms with van der Waals surface area (Å²) in [6, 6.07) is 12.2. The van der Waals surface area contributed by atoms with Crippen molar-refractivity contribution in [2.75, 3.05) is 24.3 Å². The standard InChI is InChI=1S/C27H30F3N4O7PS3/c1-16-8-6-11-19(34-26(36)33-12-4-3-5-13-42(37,38)41-25(35)27(28,29)30)22(16)17-9-7-10-18(14-17)45(39,40)21-15-20(23(31)32)44-24(21)43-2/h6-11,14-15H,3-5,12-13H2,1-2H3,(H3,31,32)(H,37,38)(H2,33,34,36). The summed E-state index contributed by atoms with van der Waals surface area (Å²) < 4.78 is 79.8. The second kappa shape index (κ2) is 14.8. The van der Waals surface area contributed by atoms with E-state index in [2.05, 4.69) is 15.2 Å². The van der Waals surface area contributed by atoms with Crippen LogP contribution in [0.1, 0.15) is 29.7 Å². The van der Waals surface area contributed by atoms with Gasteiger partial charge in [-0.15, -0.1) is 23.1 Å². The summed E-state index contributed by atoms with van der Waals surface area (Å²) in [5.41, 5.74) is 7.84. The number of alkyl halides is 3. The summed E-state index contributed by atoms with van der Waals surface area (Å²) in [6.45, 7) is 1.93. The Labute approximate surface area is 265 Å². The van der Waals surface area contributed by atoms with E-state index in [1.54, 1.807) is 43.5 Å². The Hall–Kier alpha value is -3.37. The Kier molecular flexibility index (Phi) is 11.9. The fourth-order valence-corrected chi connectivity index (χ4v) is 9.11. The van der Waals surface area contributed by atoms with Gasteiger partial charge >= 0.3 is 25.8 Å². The van der Waals surface area contributed by atoms with Crippen LogP contribution in [0.3, 0.4) is 0 Å². The molecule has 1 atom stereocenters. The minimum Gasteiger partial charge on any atom is -0.385 e. The molecule has 0 spiro atoms. The number of rotatable bonds is 13. The van der Waals surface area contributed by atoms with Crippen molar-refractivity contribution in [3.63, 3.8) is 0 Å². The number of amides is 2. The van der Waals surface area contributed by atoms with Gasteiger partial charge in [0, 0.05) is 12.1 Å². The molecule has 45 heavy (non-hydrogen) atoms. The molecule has 6 N–H and O–H groups in total. The minimum atomic E-state index is -5.38. The van der Waals surface area contributed by atoms with Crippen LogP contribution in [0.25, 0.3) is 11.1 Å². The Bertz CT molecular complexity index is 1750. The van der Waals surface area contributed by atoms with Crippen LogP contribution in [0.4, 0.5) is 23.7 Å². The molecule has 0 saturated heterocycles. The lowest BCUT2D eigenvalue weighted by Gasteiger charge is -2.16. The average Bonchev–Trinajstić information content (AvgIpc) is 3.40. The predicted molar refractivity (Wildman–Crippen MR) is 167 cm³/mol. The summed E-state index contributed by atoms with van der Waals surface area (Å²) in [5, 5.41) is 13.0. The number of unbranched alkanes of at least 4 members (excludes halogenated alkanes) is 2. The molecule has 0 aliphatic carbocycles. The maximum atomic E-state index is 13.6.